The Bertz CT molecular complexity index is 455. The zero-order valence-electron chi connectivity index (χ0n) is 13.5. The summed E-state index contributed by atoms with van der Waals surface area (Å²) in [6.45, 7) is 5.74. The van der Waals surface area contributed by atoms with Crippen molar-refractivity contribution in [2.45, 2.75) is 64.5 Å². The fourth-order valence-electron chi connectivity index (χ4n) is 3.57. The maximum absolute atomic E-state index is 5.98. The van der Waals surface area contributed by atoms with Crippen LogP contribution in [0.3, 0.4) is 0 Å². The maximum Gasteiger partial charge on any atom is 0.120 e. The highest BCUT2D eigenvalue weighted by molar-refractivity contribution is 5.31. The van der Waals surface area contributed by atoms with Gasteiger partial charge in [0, 0.05) is 6.04 Å². The molecule has 2 aliphatic carbocycles. The first-order valence-electron chi connectivity index (χ1n) is 8.76. The first-order chi connectivity index (χ1) is 10.3. The molecule has 116 valence electrons. The normalized spacial score (nSPS) is 26.8. The maximum atomic E-state index is 5.98. The molecule has 21 heavy (non-hydrogen) atoms. The van der Waals surface area contributed by atoms with E-state index in [1.165, 1.54) is 44.1 Å². The van der Waals surface area contributed by atoms with E-state index < -0.39 is 0 Å². The first kappa shape index (κ1) is 14.9. The zero-order valence-corrected chi connectivity index (χ0v) is 13.5. The van der Waals surface area contributed by atoms with Crippen LogP contribution < -0.4 is 10.1 Å². The van der Waals surface area contributed by atoms with Crippen molar-refractivity contribution < 1.29 is 4.74 Å². The van der Waals surface area contributed by atoms with Crippen molar-refractivity contribution in [3.8, 4) is 5.75 Å². The second-order valence-corrected chi connectivity index (χ2v) is 7.00. The van der Waals surface area contributed by atoms with Gasteiger partial charge in [-0.1, -0.05) is 32.4 Å². The van der Waals surface area contributed by atoms with Crippen LogP contribution in [0.25, 0.3) is 0 Å². The van der Waals surface area contributed by atoms with Gasteiger partial charge < -0.3 is 10.1 Å². The topological polar surface area (TPSA) is 21.3 Å². The Balaban J connectivity index is 1.74. The molecule has 0 heterocycles. The standard InChI is InChI=1S/C19H29NO/c1-3-11-20-19(16-8-7-14(2)12-16)15-5-4-6-18(13-15)21-17-9-10-17/h4-6,13-14,16-17,19-20H,3,7-12H2,1-2H3. The molecule has 0 aromatic heterocycles. The van der Waals surface area contributed by atoms with Gasteiger partial charge in [0.05, 0.1) is 6.10 Å². The number of ether oxygens (including phenoxy) is 1. The third kappa shape index (κ3) is 4.00. The Hall–Kier alpha value is -1.02. The largest absolute Gasteiger partial charge is 0.490 e. The Kier molecular flexibility index (Phi) is 4.84. The highest BCUT2D eigenvalue weighted by Crippen LogP contribution is 2.39. The van der Waals surface area contributed by atoms with E-state index >= 15 is 0 Å². The van der Waals surface area contributed by atoms with Crippen LogP contribution in [0.1, 0.15) is 64.0 Å². The molecule has 2 saturated carbocycles. The minimum atomic E-state index is 0.480. The van der Waals surface area contributed by atoms with Gasteiger partial charge in [-0.25, -0.2) is 0 Å². The van der Waals surface area contributed by atoms with Crippen LogP contribution >= 0.6 is 0 Å². The van der Waals surface area contributed by atoms with Crippen LogP contribution in [0, 0.1) is 11.8 Å². The molecule has 1 aromatic carbocycles. The van der Waals surface area contributed by atoms with Gasteiger partial charge in [0.1, 0.15) is 5.75 Å². The summed E-state index contributed by atoms with van der Waals surface area (Å²) in [7, 11) is 0. The van der Waals surface area contributed by atoms with Gasteiger partial charge in [-0.3, -0.25) is 0 Å². The van der Waals surface area contributed by atoms with Crippen LogP contribution in [0.2, 0.25) is 0 Å². The van der Waals surface area contributed by atoms with E-state index in [4.69, 9.17) is 4.74 Å². The molecule has 0 saturated heterocycles. The number of nitrogens with one attached hydrogen (secondary N) is 1. The molecule has 3 unspecified atom stereocenters. The summed E-state index contributed by atoms with van der Waals surface area (Å²) in [5, 5.41) is 3.79. The molecule has 2 fully saturated rings. The molecule has 3 atom stereocenters. The van der Waals surface area contributed by atoms with Crippen molar-refractivity contribution in [3.05, 3.63) is 29.8 Å². The lowest BCUT2D eigenvalue weighted by atomic mass is 9.90. The highest BCUT2D eigenvalue weighted by atomic mass is 16.5. The van der Waals surface area contributed by atoms with Crippen molar-refractivity contribution in [3.63, 3.8) is 0 Å². The van der Waals surface area contributed by atoms with Gasteiger partial charge in [0.15, 0.2) is 0 Å². The smallest absolute Gasteiger partial charge is 0.120 e. The van der Waals surface area contributed by atoms with Gasteiger partial charge in [-0.15, -0.1) is 0 Å². The average Bonchev–Trinajstić information content (AvgIpc) is 3.19. The molecule has 0 spiro atoms. The molecule has 0 aliphatic heterocycles. The summed E-state index contributed by atoms with van der Waals surface area (Å²) in [6, 6.07) is 9.31. The average molecular weight is 287 g/mol. The summed E-state index contributed by atoms with van der Waals surface area (Å²) in [4.78, 5) is 0. The number of benzene rings is 1. The van der Waals surface area contributed by atoms with Crippen LogP contribution in [-0.2, 0) is 0 Å². The number of hydrogen-bond donors (Lipinski definition) is 1. The van der Waals surface area contributed by atoms with Crippen molar-refractivity contribution in [2.75, 3.05) is 6.54 Å². The predicted molar refractivity (Wildman–Crippen MR) is 87.6 cm³/mol. The molecular formula is C19H29NO. The van der Waals surface area contributed by atoms with Crippen LogP contribution in [0.4, 0.5) is 0 Å². The van der Waals surface area contributed by atoms with Crippen molar-refractivity contribution in [1.82, 2.24) is 5.32 Å². The monoisotopic (exact) mass is 287 g/mol. The van der Waals surface area contributed by atoms with Gasteiger partial charge in [0.2, 0.25) is 0 Å². The third-order valence-corrected chi connectivity index (χ3v) is 4.87. The summed E-state index contributed by atoms with van der Waals surface area (Å²) >= 11 is 0. The number of rotatable bonds is 7. The molecule has 3 rings (SSSR count). The molecule has 0 radical (unpaired) electrons. The minimum absolute atomic E-state index is 0.480. The van der Waals surface area contributed by atoms with E-state index in [1.54, 1.807) is 0 Å². The van der Waals surface area contributed by atoms with E-state index in [2.05, 4.69) is 43.4 Å². The predicted octanol–water partition coefficient (Wildman–Crippen LogP) is 4.70. The lowest BCUT2D eigenvalue weighted by Gasteiger charge is -2.26. The number of hydrogen-bond acceptors (Lipinski definition) is 2. The molecule has 1 N–H and O–H groups in total. The quantitative estimate of drug-likeness (QED) is 0.784. The van der Waals surface area contributed by atoms with E-state index in [0.29, 0.717) is 12.1 Å². The summed E-state index contributed by atoms with van der Waals surface area (Å²) in [5.41, 5.74) is 1.42. The Morgan fingerprint density at radius 1 is 1.24 bits per heavy atom. The molecule has 2 nitrogen and oxygen atoms in total. The molecule has 2 heteroatoms. The summed E-state index contributed by atoms with van der Waals surface area (Å²) in [6.07, 6.45) is 8.22. The minimum Gasteiger partial charge on any atom is -0.490 e. The van der Waals surface area contributed by atoms with E-state index in [1.807, 2.05) is 0 Å². The van der Waals surface area contributed by atoms with Gasteiger partial charge in [-0.05, 0) is 68.2 Å². The molecule has 0 amide bonds. The fraction of sp³-hybridized carbons (Fsp3) is 0.684. The van der Waals surface area contributed by atoms with Crippen molar-refractivity contribution in [2.24, 2.45) is 11.8 Å². The van der Waals surface area contributed by atoms with E-state index in [9.17, 15) is 0 Å². The molecular weight excluding hydrogens is 258 g/mol. The van der Waals surface area contributed by atoms with Gasteiger partial charge >= 0.3 is 0 Å². The first-order valence-corrected chi connectivity index (χ1v) is 8.76. The molecule has 2 aliphatic rings. The lowest BCUT2D eigenvalue weighted by molar-refractivity contribution is 0.301. The van der Waals surface area contributed by atoms with Gasteiger partial charge in [0.25, 0.3) is 0 Å². The Labute approximate surface area is 129 Å². The second kappa shape index (κ2) is 6.83. The summed E-state index contributed by atoms with van der Waals surface area (Å²) < 4.78 is 5.98. The van der Waals surface area contributed by atoms with Crippen LogP contribution in [0.5, 0.6) is 5.75 Å². The Morgan fingerprint density at radius 2 is 2.10 bits per heavy atom. The molecule has 1 aromatic rings. The zero-order chi connectivity index (χ0) is 14.7. The fourth-order valence-corrected chi connectivity index (χ4v) is 3.57. The van der Waals surface area contributed by atoms with E-state index in [-0.39, 0.29) is 0 Å². The lowest BCUT2D eigenvalue weighted by Crippen LogP contribution is -2.28. The van der Waals surface area contributed by atoms with E-state index in [0.717, 1.165) is 24.1 Å². The second-order valence-electron chi connectivity index (χ2n) is 7.00. The molecule has 0 bridgehead atoms. The van der Waals surface area contributed by atoms with Crippen molar-refractivity contribution in [1.29, 1.82) is 0 Å². The third-order valence-electron chi connectivity index (χ3n) is 4.87. The van der Waals surface area contributed by atoms with Gasteiger partial charge in [-0.2, -0.15) is 0 Å². The Morgan fingerprint density at radius 3 is 2.76 bits per heavy atom. The SMILES string of the molecule is CCCNC(c1cccc(OC2CC2)c1)C1CCC(C)C1. The highest BCUT2D eigenvalue weighted by Gasteiger charge is 2.30. The summed E-state index contributed by atoms with van der Waals surface area (Å²) in [5.74, 6) is 2.72. The van der Waals surface area contributed by atoms with Crippen molar-refractivity contribution >= 4 is 0 Å². The van der Waals surface area contributed by atoms with Crippen LogP contribution in [-0.4, -0.2) is 12.6 Å². The van der Waals surface area contributed by atoms with Crippen LogP contribution in [0.15, 0.2) is 24.3 Å².